The Labute approximate surface area is 173 Å². The molecule has 0 saturated heterocycles. The summed E-state index contributed by atoms with van der Waals surface area (Å²) >= 11 is 0. The molecule has 1 aliphatic heterocycles. The summed E-state index contributed by atoms with van der Waals surface area (Å²) in [7, 11) is 0. The topological polar surface area (TPSA) is 83.6 Å². The van der Waals surface area contributed by atoms with Crippen molar-refractivity contribution in [3.8, 4) is 0 Å². The van der Waals surface area contributed by atoms with Crippen molar-refractivity contribution in [2.75, 3.05) is 5.32 Å². The van der Waals surface area contributed by atoms with E-state index in [1.165, 1.54) is 6.92 Å². The summed E-state index contributed by atoms with van der Waals surface area (Å²) in [5.74, 6) is -1.81. The van der Waals surface area contributed by atoms with Crippen LogP contribution in [0.2, 0.25) is 0 Å². The van der Waals surface area contributed by atoms with Crippen LogP contribution in [0.4, 0.5) is 5.69 Å². The lowest BCUT2D eigenvalue weighted by Gasteiger charge is -2.22. The minimum absolute atomic E-state index is 0.236. The average molecular weight is 398 g/mol. The Morgan fingerprint density at radius 1 is 0.767 bits per heavy atom. The molecule has 0 fully saturated rings. The molecule has 30 heavy (non-hydrogen) atoms. The molecular formula is C24H18N2O4. The smallest absolute Gasteiger partial charge is 0.262 e. The third kappa shape index (κ3) is 3.28. The van der Waals surface area contributed by atoms with Crippen molar-refractivity contribution in [1.82, 2.24) is 4.90 Å². The summed E-state index contributed by atoms with van der Waals surface area (Å²) in [5.41, 5.74) is 1.70. The molecule has 0 spiro atoms. The van der Waals surface area contributed by atoms with Gasteiger partial charge in [0, 0.05) is 11.1 Å². The first-order valence-electron chi connectivity index (χ1n) is 9.45. The highest BCUT2D eigenvalue weighted by molar-refractivity contribution is 6.23. The molecule has 6 nitrogen and oxygen atoms in total. The highest BCUT2D eigenvalue weighted by atomic mass is 16.2. The van der Waals surface area contributed by atoms with E-state index >= 15 is 0 Å². The van der Waals surface area contributed by atoms with Crippen molar-refractivity contribution >= 4 is 29.2 Å². The summed E-state index contributed by atoms with van der Waals surface area (Å²) in [4.78, 5) is 52.0. The second-order valence-electron chi connectivity index (χ2n) is 6.93. The predicted molar refractivity (Wildman–Crippen MR) is 111 cm³/mol. The molecule has 148 valence electrons. The number of nitrogens with zero attached hydrogens (tertiary/aromatic N) is 1. The van der Waals surface area contributed by atoms with Gasteiger partial charge in [0.15, 0.2) is 5.78 Å². The van der Waals surface area contributed by atoms with Gasteiger partial charge in [0.1, 0.15) is 6.04 Å². The van der Waals surface area contributed by atoms with Gasteiger partial charge in [-0.2, -0.15) is 0 Å². The Balaban J connectivity index is 1.58. The fourth-order valence-corrected chi connectivity index (χ4v) is 3.45. The van der Waals surface area contributed by atoms with Crippen LogP contribution in [0.5, 0.6) is 0 Å². The van der Waals surface area contributed by atoms with Gasteiger partial charge in [0.25, 0.3) is 11.8 Å². The maximum absolute atomic E-state index is 12.9. The highest BCUT2D eigenvalue weighted by Crippen LogP contribution is 2.26. The minimum Gasteiger partial charge on any atom is -0.324 e. The lowest BCUT2D eigenvalue weighted by molar-refractivity contribution is -0.119. The molecule has 6 heteroatoms. The van der Waals surface area contributed by atoms with Crippen LogP contribution in [-0.2, 0) is 4.79 Å². The lowest BCUT2D eigenvalue weighted by Crippen LogP contribution is -2.45. The van der Waals surface area contributed by atoms with E-state index in [2.05, 4.69) is 5.32 Å². The summed E-state index contributed by atoms with van der Waals surface area (Å²) in [6.07, 6.45) is 0. The van der Waals surface area contributed by atoms with E-state index in [0.717, 1.165) is 4.90 Å². The molecule has 3 aromatic rings. The number of hydrogen-bond acceptors (Lipinski definition) is 4. The van der Waals surface area contributed by atoms with E-state index in [-0.39, 0.29) is 16.9 Å². The van der Waals surface area contributed by atoms with Gasteiger partial charge in [-0.15, -0.1) is 0 Å². The van der Waals surface area contributed by atoms with E-state index in [0.29, 0.717) is 16.8 Å². The molecule has 1 atom stereocenters. The summed E-state index contributed by atoms with van der Waals surface area (Å²) < 4.78 is 0. The van der Waals surface area contributed by atoms with Crippen molar-refractivity contribution in [3.05, 3.63) is 101 Å². The van der Waals surface area contributed by atoms with Crippen molar-refractivity contribution in [2.45, 2.75) is 13.0 Å². The maximum atomic E-state index is 12.9. The molecule has 0 unspecified atom stereocenters. The van der Waals surface area contributed by atoms with E-state index in [1.807, 2.05) is 6.07 Å². The summed E-state index contributed by atoms with van der Waals surface area (Å²) in [5, 5.41) is 2.70. The molecular weight excluding hydrogens is 380 g/mol. The number of carbonyl (C=O) groups is 4. The molecule has 1 aliphatic rings. The third-order valence-corrected chi connectivity index (χ3v) is 5.06. The van der Waals surface area contributed by atoms with Crippen LogP contribution in [-0.4, -0.2) is 34.4 Å². The number of hydrogen-bond donors (Lipinski definition) is 1. The second kappa shape index (κ2) is 7.75. The van der Waals surface area contributed by atoms with Crippen LogP contribution >= 0.6 is 0 Å². The zero-order valence-electron chi connectivity index (χ0n) is 16.2. The van der Waals surface area contributed by atoms with E-state index in [9.17, 15) is 19.2 Å². The molecule has 1 heterocycles. The van der Waals surface area contributed by atoms with E-state index in [1.54, 1.807) is 72.8 Å². The number of fused-ring (bicyclic) bond motifs is 1. The number of anilines is 1. The Bertz CT molecular complexity index is 1140. The monoisotopic (exact) mass is 398 g/mol. The van der Waals surface area contributed by atoms with Crippen LogP contribution in [0.25, 0.3) is 0 Å². The second-order valence-corrected chi connectivity index (χ2v) is 6.93. The van der Waals surface area contributed by atoms with Gasteiger partial charge in [0.2, 0.25) is 5.91 Å². The van der Waals surface area contributed by atoms with Crippen molar-refractivity contribution in [3.63, 3.8) is 0 Å². The summed E-state index contributed by atoms with van der Waals surface area (Å²) in [6, 6.07) is 20.8. The fraction of sp³-hybridized carbons (Fsp3) is 0.0833. The first kappa shape index (κ1) is 19.3. The third-order valence-electron chi connectivity index (χ3n) is 5.06. The number of imide groups is 1. The minimum atomic E-state index is -1.04. The zero-order chi connectivity index (χ0) is 21.3. The Kier molecular flexibility index (Phi) is 4.98. The molecule has 0 bridgehead atoms. The average Bonchev–Trinajstić information content (AvgIpc) is 3.04. The van der Waals surface area contributed by atoms with Crippen LogP contribution < -0.4 is 5.32 Å². The molecule has 0 aliphatic carbocycles. The molecule has 0 radical (unpaired) electrons. The maximum Gasteiger partial charge on any atom is 0.262 e. The van der Waals surface area contributed by atoms with Crippen LogP contribution in [0, 0.1) is 0 Å². The van der Waals surface area contributed by atoms with Crippen molar-refractivity contribution < 1.29 is 19.2 Å². The quantitative estimate of drug-likeness (QED) is 0.526. The van der Waals surface area contributed by atoms with Crippen molar-refractivity contribution in [2.24, 2.45) is 0 Å². The number of carbonyl (C=O) groups excluding carboxylic acids is 4. The first-order valence-corrected chi connectivity index (χ1v) is 9.45. The molecule has 3 amide bonds. The van der Waals surface area contributed by atoms with Gasteiger partial charge in [0.05, 0.1) is 16.8 Å². The number of benzene rings is 3. The standard InChI is InChI=1S/C24H18N2O4/c1-15(26-23(29)17-11-5-6-12-18(17)24(26)30)22(28)25-20-14-8-7-13-19(20)21(27)16-9-3-2-4-10-16/h2-15H,1H3,(H,25,28)/t15-/m1/s1. The normalized spacial score (nSPS) is 13.7. The Morgan fingerprint density at radius 3 is 1.93 bits per heavy atom. The molecule has 0 saturated carbocycles. The van der Waals surface area contributed by atoms with Crippen LogP contribution in [0.1, 0.15) is 43.6 Å². The Morgan fingerprint density at radius 2 is 1.30 bits per heavy atom. The van der Waals surface area contributed by atoms with E-state index < -0.39 is 23.8 Å². The SMILES string of the molecule is C[C@H](C(=O)Nc1ccccc1C(=O)c1ccccc1)N1C(=O)c2ccccc2C1=O. The van der Waals surface area contributed by atoms with Gasteiger partial charge in [-0.25, -0.2) is 0 Å². The van der Waals surface area contributed by atoms with Crippen molar-refractivity contribution in [1.29, 1.82) is 0 Å². The van der Waals surface area contributed by atoms with E-state index in [4.69, 9.17) is 0 Å². The fourth-order valence-electron chi connectivity index (χ4n) is 3.45. The number of rotatable bonds is 5. The molecule has 4 rings (SSSR count). The number of amides is 3. The largest absolute Gasteiger partial charge is 0.324 e. The number of para-hydroxylation sites is 1. The van der Waals surface area contributed by atoms with Gasteiger partial charge in [-0.1, -0.05) is 54.6 Å². The molecule has 3 aromatic carbocycles. The van der Waals surface area contributed by atoms with Crippen LogP contribution in [0.15, 0.2) is 78.9 Å². The van der Waals surface area contributed by atoms with Gasteiger partial charge in [-0.3, -0.25) is 24.1 Å². The lowest BCUT2D eigenvalue weighted by atomic mass is 10.0. The van der Waals surface area contributed by atoms with Gasteiger partial charge < -0.3 is 5.32 Å². The Hall–Kier alpha value is -4.06. The molecule has 1 N–H and O–H groups in total. The van der Waals surface area contributed by atoms with Gasteiger partial charge >= 0.3 is 0 Å². The van der Waals surface area contributed by atoms with Crippen LogP contribution in [0.3, 0.4) is 0 Å². The predicted octanol–water partition coefficient (Wildman–Crippen LogP) is 3.54. The summed E-state index contributed by atoms with van der Waals surface area (Å²) in [6.45, 7) is 1.48. The number of nitrogens with one attached hydrogen (secondary N) is 1. The zero-order valence-corrected chi connectivity index (χ0v) is 16.2. The first-order chi connectivity index (χ1) is 14.5. The highest BCUT2D eigenvalue weighted by Gasteiger charge is 2.40. The molecule has 0 aromatic heterocycles. The van der Waals surface area contributed by atoms with Gasteiger partial charge in [-0.05, 0) is 31.2 Å². The number of ketones is 1.